The monoisotopic (exact) mass is 358 g/mol. The van der Waals surface area contributed by atoms with Gasteiger partial charge in [-0.2, -0.15) is 0 Å². The summed E-state index contributed by atoms with van der Waals surface area (Å²) in [5.74, 6) is -0.400. The number of benzene rings is 1. The lowest BCUT2D eigenvalue weighted by atomic mass is 10.1. The SMILES string of the molecule is CC(NC(=O)CNS(=O)(=O)c1ccc(Cl)s1)c1ccccc1. The van der Waals surface area contributed by atoms with Gasteiger partial charge in [-0.1, -0.05) is 41.9 Å². The van der Waals surface area contributed by atoms with Gasteiger partial charge in [0.25, 0.3) is 10.0 Å². The Balaban J connectivity index is 1.90. The van der Waals surface area contributed by atoms with Gasteiger partial charge in [0.05, 0.1) is 16.9 Å². The number of hydrogen-bond donors (Lipinski definition) is 2. The van der Waals surface area contributed by atoms with E-state index in [1.54, 1.807) is 0 Å². The summed E-state index contributed by atoms with van der Waals surface area (Å²) in [6.45, 7) is 1.51. The molecule has 8 heteroatoms. The van der Waals surface area contributed by atoms with E-state index >= 15 is 0 Å². The van der Waals surface area contributed by atoms with Crippen molar-refractivity contribution in [2.75, 3.05) is 6.54 Å². The zero-order valence-electron chi connectivity index (χ0n) is 11.7. The van der Waals surface area contributed by atoms with E-state index in [0.29, 0.717) is 4.34 Å². The second-order valence-electron chi connectivity index (χ2n) is 4.58. The quantitative estimate of drug-likeness (QED) is 0.833. The van der Waals surface area contributed by atoms with Crippen molar-refractivity contribution in [2.24, 2.45) is 0 Å². The molecule has 5 nitrogen and oxygen atoms in total. The molecule has 0 aliphatic rings. The number of carbonyl (C=O) groups is 1. The lowest BCUT2D eigenvalue weighted by Gasteiger charge is -2.14. The standard InChI is InChI=1S/C14H15ClN2O3S2/c1-10(11-5-3-2-4-6-11)17-13(18)9-16-22(19,20)14-8-7-12(15)21-14/h2-8,10,16H,9H2,1H3,(H,17,18). The summed E-state index contributed by atoms with van der Waals surface area (Å²) in [5, 5.41) is 2.74. The van der Waals surface area contributed by atoms with E-state index in [1.165, 1.54) is 12.1 Å². The molecule has 0 fully saturated rings. The van der Waals surface area contributed by atoms with Crippen molar-refractivity contribution in [3.63, 3.8) is 0 Å². The van der Waals surface area contributed by atoms with Gasteiger partial charge in [0, 0.05) is 0 Å². The molecule has 118 valence electrons. The van der Waals surface area contributed by atoms with Gasteiger partial charge < -0.3 is 5.32 Å². The van der Waals surface area contributed by atoms with Crippen LogP contribution in [0.3, 0.4) is 0 Å². The molecular formula is C14H15ClN2O3S2. The van der Waals surface area contributed by atoms with E-state index in [-0.39, 0.29) is 16.8 Å². The minimum atomic E-state index is -3.71. The van der Waals surface area contributed by atoms with Crippen molar-refractivity contribution in [2.45, 2.75) is 17.2 Å². The summed E-state index contributed by atoms with van der Waals surface area (Å²) >= 11 is 6.65. The van der Waals surface area contributed by atoms with Gasteiger partial charge in [-0.05, 0) is 24.6 Å². The normalized spacial score (nSPS) is 12.8. The van der Waals surface area contributed by atoms with Crippen molar-refractivity contribution in [1.29, 1.82) is 0 Å². The number of amides is 1. The number of sulfonamides is 1. The van der Waals surface area contributed by atoms with E-state index in [9.17, 15) is 13.2 Å². The van der Waals surface area contributed by atoms with Crippen LogP contribution in [0.2, 0.25) is 4.34 Å². The molecule has 1 aromatic carbocycles. The summed E-state index contributed by atoms with van der Waals surface area (Å²) in [6, 6.07) is 12.1. The minimum absolute atomic E-state index is 0.0846. The van der Waals surface area contributed by atoms with Gasteiger partial charge in [0.15, 0.2) is 0 Å². The van der Waals surface area contributed by atoms with Crippen molar-refractivity contribution in [3.8, 4) is 0 Å². The lowest BCUT2D eigenvalue weighted by molar-refractivity contribution is -0.120. The number of hydrogen-bond acceptors (Lipinski definition) is 4. The van der Waals surface area contributed by atoms with Crippen molar-refractivity contribution in [3.05, 3.63) is 52.4 Å². The Kier molecular flexibility index (Phi) is 5.57. The first-order chi connectivity index (χ1) is 10.4. The zero-order chi connectivity index (χ0) is 16.2. The van der Waals surface area contributed by atoms with Crippen LogP contribution in [0.4, 0.5) is 0 Å². The third-order valence-corrected chi connectivity index (χ3v) is 6.04. The maximum absolute atomic E-state index is 12.0. The Morgan fingerprint density at radius 2 is 1.91 bits per heavy atom. The van der Waals surface area contributed by atoms with Crippen LogP contribution >= 0.6 is 22.9 Å². The first-order valence-corrected chi connectivity index (χ1v) is 9.15. The molecule has 2 aromatic rings. The van der Waals surface area contributed by atoms with Gasteiger partial charge in [0.1, 0.15) is 4.21 Å². The van der Waals surface area contributed by atoms with Crippen LogP contribution in [-0.4, -0.2) is 20.9 Å². The number of rotatable bonds is 6. The summed E-state index contributed by atoms with van der Waals surface area (Å²) in [5.41, 5.74) is 0.948. The highest BCUT2D eigenvalue weighted by atomic mass is 35.5. The van der Waals surface area contributed by atoms with Gasteiger partial charge in [0.2, 0.25) is 5.91 Å². The van der Waals surface area contributed by atoms with Crippen molar-refractivity contribution < 1.29 is 13.2 Å². The Bertz CT molecular complexity index is 744. The summed E-state index contributed by atoms with van der Waals surface area (Å²) in [6.07, 6.45) is 0. The van der Waals surface area contributed by atoms with Crippen molar-refractivity contribution >= 4 is 38.9 Å². The Labute approximate surface area is 138 Å². The minimum Gasteiger partial charge on any atom is -0.348 e. The molecule has 2 rings (SSSR count). The average molecular weight is 359 g/mol. The second kappa shape index (κ2) is 7.23. The largest absolute Gasteiger partial charge is 0.348 e. The zero-order valence-corrected chi connectivity index (χ0v) is 14.1. The number of carbonyl (C=O) groups excluding carboxylic acids is 1. The van der Waals surface area contributed by atoms with Crippen LogP contribution in [0.1, 0.15) is 18.5 Å². The fraction of sp³-hybridized carbons (Fsp3) is 0.214. The third-order valence-electron chi connectivity index (χ3n) is 2.91. The molecular weight excluding hydrogens is 344 g/mol. The van der Waals surface area contributed by atoms with E-state index in [4.69, 9.17) is 11.6 Å². The summed E-state index contributed by atoms with van der Waals surface area (Å²) in [7, 11) is -3.71. The topological polar surface area (TPSA) is 75.3 Å². The Morgan fingerprint density at radius 3 is 2.50 bits per heavy atom. The molecule has 1 atom stereocenters. The van der Waals surface area contributed by atoms with Crippen LogP contribution in [0.5, 0.6) is 0 Å². The maximum Gasteiger partial charge on any atom is 0.250 e. The van der Waals surface area contributed by atoms with E-state index in [1.807, 2.05) is 37.3 Å². The summed E-state index contributed by atoms with van der Waals surface area (Å²) in [4.78, 5) is 11.8. The van der Waals surface area contributed by atoms with Gasteiger partial charge >= 0.3 is 0 Å². The molecule has 0 spiro atoms. The van der Waals surface area contributed by atoms with Crippen molar-refractivity contribution in [1.82, 2.24) is 10.0 Å². The maximum atomic E-state index is 12.0. The number of halogens is 1. The molecule has 1 heterocycles. The molecule has 0 aliphatic heterocycles. The van der Waals surface area contributed by atoms with Gasteiger partial charge in [-0.3, -0.25) is 4.79 Å². The first kappa shape index (κ1) is 17.0. The molecule has 0 saturated carbocycles. The average Bonchev–Trinajstić information content (AvgIpc) is 2.94. The lowest BCUT2D eigenvalue weighted by Crippen LogP contribution is -2.37. The Morgan fingerprint density at radius 1 is 1.23 bits per heavy atom. The molecule has 2 N–H and O–H groups in total. The van der Waals surface area contributed by atoms with Crippen LogP contribution in [0, 0.1) is 0 Å². The van der Waals surface area contributed by atoms with E-state index < -0.39 is 15.9 Å². The fourth-order valence-electron chi connectivity index (χ4n) is 1.79. The Hall–Kier alpha value is -1.41. The highest BCUT2D eigenvalue weighted by Crippen LogP contribution is 2.25. The molecule has 0 bridgehead atoms. The van der Waals surface area contributed by atoms with Crippen LogP contribution in [-0.2, 0) is 14.8 Å². The summed E-state index contributed by atoms with van der Waals surface area (Å²) < 4.78 is 26.7. The molecule has 0 radical (unpaired) electrons. The molecule has 1 unspecified atom stereocenters. The third kappa shape index (κ3) is 4.54. The first-order valence-electron chi connectivity index (χ1n) is 6.48. The molecule has 1 amide bonds. The molecule has 1 aromatic heterocycles. The predicted octanol–water partition coefficient (Wildman–Crippen LogP) is 2.56. The van der Waals surface area contributed by atoms with E-state index in [2.05, 4.69) is 10.0 Å². The second-order valence-corrected chi connectivity index (χ2v) is 8.29. The predicted molar refractivity (Wildman–Crippen MR) is 87.5 cm³/mol. The number of thiophene rings is 1. The van der Waals surface area contributed by atoms with Gasteiger partial charge in [-0.25, -0.2) is 13.1 Å². The van der Waals surface area contributed by atoms with Crippen LogP contribution in [0.25, 0.3) is 0 Å². The molecule has 22 heavy (non-hydrogen) atoms. The van der Waals surface area contributed by atoms with Crippen LogP contribution < -0.4 is 10.0 Å². The highest BCUT2D eigenvalue weighted by Gasteiger charge is 2.18. The van der Waals surface area contributed by atoms with E-state index in [0.717, 1.165) is 16.9 Å². The smallest absolute Gasteiger partial charge is 0.250 e. The highest BCUT2D eigenvalue weighted by molar-refractivity contribution is 7.91. The number of nitrogens with one attached hydrogen (secondary N) is 2. The molecule has 0 saturated heterocycles. The molecule has 0 aliphatic carbocycles. The fourth-order valence-corrected chi connectivity index (χ4v) is 4.30. The van der Waals surface area contributed by atoms with Crippen LogP contribution in [0.15, 0.2) is 46.7 Å². The van der Waals surface area contributed by atoms with Gasteiger partial charge in [-0.15, -0.1) is 11.3 Å².